The molecule has 0 aliphatic heterocycles. The lowest BCUT2D eigenvalue weighted by Crippen LogP contribution is -2.21. The highest BCUT2D eigenvalue weighted by Crippen LogP contribution is 2.58. The second-order valence-electron chi connectivity index (χ2n) is 16.8. The molecule has 8 aromatic carbocycles. The van der Waals surface area contributed by atoms with E-state index in [0.29, 0.717) is 0 Å². The van der Waals surface area contributed by atoms with Gasteiger partial charge in [-0.15, -0.1) is 0 Å². The van der Waals surface area contributed by atoms with Crippen molar-refractivity contribution < 1.29 is 0 Å². The number of para-hydroxylation sites is 1. The van der Waals surface area contributed by atoms with Crippen molar-refractivity contribution in [1.82, 2.24) is 0 Å². The maximum Gasteiger partial charge on any atom is 0.0540 e. The topological polar surface area (TPSA) is 3.24 Å². The second kappa shape index (κ2) is 13.1. The number of benzene rings is 8. The number of rotatable bonds is 6. The fraction of sp³-hybridized carbons (Fsp3) is 0.143. The van der Waals surface area contributed by atoms with E-state index in [0.717, 1.165) is 5.69 Å². The Hall–Kier alpha value is -6.44. The highest BCUT2D eigenvalue weighted by molar-refractivity contribution is 5.95. The molecular formula is C56H45N. The van der Waals surface area contributed by atoms with E-state index in [-0.39, 0.29) is 10.8 Å². The van der Waals surface area contributed by atoms with E-state index in [4.69, 9.17) is 0 Å². The lowest BCUT2D eigenvalue weighted by Gasteiger charge is -2.32. The minimum Gasteiger partial charge on any atom is -0.310 e. The maximum absolute atomic E-state index is 2.54. The molecule has 0 atom stereocenters. The smallest absolute Gasteiger partial charge is 0.0540 e. The van der Waals surface area contributed by atoms with E-state index in [9.17, 15) is 0 Å². The molecule has 274 valence electrons. The zero-order valence-corrected chi connectivity index (χ0v) is 32.7. The van der Waals surface area contributed by atoms with Crippen LogP contribution < -0.4 is 4.90 Å². The van der Waals surface area contributed by atoms with Crippen molar-refractivity contribution in [3.8, 4) is 55.6 Å². The summed E-state index contributed by atoms with van der Waals surface area (Å²) in [5.41, 5.74) is 22.3. The standard InChI is InChI=1S/C56H45N/c1-55(2)50-22-9-6-18-45(50)48-20-14-21-49(54(48)55)47-19-8-11-24-53(47)57(42-31-29-41(30-32-42)40-27-25-39(26-28-40)38-15-4-3-5-16-38)43-33-34-46-44-17-7-10-23-51(44)56(52(46)37-43)35-12-13-36-56/h3-11,14-34,37H,12-13,35-36H2,1-2H3. The number of hydrogen-bond donors (Lipinski definition) is 0. The zero-order chi connectivity index (χ0) is 38.1. The van der Waals surface area contributed by atoms with E-state index in [2.05, 4.69) is 207 Å². The van der Waals surface area contributed by atoms with Gasteiger partial charge >= 0.3 is 0 Å². The molecule has 1 nitrogen and oxygen atoms in total. The average Bonchev–Trinajstić information content (AvgIpc) is 3.94. The molecule has 0 aromatic heterocycles. The number of anilines is 3. The van der Waals surface area contributed by atoms with Crippen LogP contribution in [0.2, 0.25) is 0 Å². The van der Waals surface area contributed by atoms with Crippen LogP contribution >= 0.6 is 0 Å². The number of fused-ring (bicyclic) bond motifs is 8. The van der Waals surface area contributed by atoms with Gasteiger partial charge in [-0.2, -0.15) is 0 Å². The van der Waals surface area contributed by atoms with Crippen LogP contribution in [-0.2, 0) is 10.8 Å². The molecule has 0 N–H and O–H groups in total. The molecule has 0 saturated heterocycles. The third kappa shape index (κ3) is 5.22. The van der Waals surface area contributed by atoms with Gasteiger partial charge in [0.1, 0.15) is 0 Å². The van der Waals surface area contributed by atoms with E-state index in [1.54, 1.807) is 0 Å². The minimum absolute atomic E-state index is 0.0823. The van der Waals surface area contributed by atoms with Crippen LogP contribution in [0.15, 0.2) is 188 Å². The molecule has 1 fully saturated rings. The summed E-state index contributed by atoms with van der Waals surface area (Å²) in [7, 11) is 0. The minimum atomic E-state index is -0.133. The van der Waals surface area contributed by atoms with Crippen LogP contribution in [0.3, 0.4) is 0 Å². The monoisotopic (exact) mass is 731 g/mol. The molecule has 8 aromatic rings. The van der Waals surface area contributed by atoms with Crippen molar-refractivity contribution in [1.29, 1.82) is 0 Å². The van der Waals surface area contributed by atoms with Gasteiger partial charge in [-0.05, 0) is 115 Å². The molecule has 1 spiro atoms. The van der Waals surface area contributed by atoms with Gasteiger partial charge in [-0.1, -0.05) is 184 Å². The molecule has 0 amide bonds. The summed E-state index contributed by atoms with van der Waals surface area (Å²) in [4.78, 5) is 2.53. The first-order chi connectivity index (χ1) is 28.0. The van der Waals surface area contributed by atoms with Crippen LogP contribution in [-0.4, -0.2) is 0 Å². The molecule has 11 rings (SSSR count). The highest BCUT2D eigenvalue weighted by atomic mass is 15.1. The SMILES string of the molecule is CC1(C)c2ccccc2-c2cccc(-c3ccccc3N(c3ccc(-c4ccc(-c5ccccc5)cc4)cc3)c3ccc4c(c3)C3(CCCC3)c3ccccc3-4)c21. The van der Waals surface area contributed by atoms with Crippen LogP contribution in [0.5, 0.6) is 0 Å². The number of nitrogens with zero attached hydrogens (tertiary/aromatic N) is 1. The van der Waals surface area contributed by atoms with Gasteiger partial charge in [0.15, 0.2) is 0 Å². The molecule has 0 radical (unpaired) electrons. The van der Waals surface area contributed by atoms with Crippen molar-refractivity contribution in [3.63, 3.8) is 0 Å². The predicted octanol–water partition coefficient (Wildman–Crippen LogP) is 15.3. The summed E-state index contributed by atoms with van der Waals surface area (Å²) >= 11 is 0. The second-order valence-corrected chi connectivity index (χ2v) is 16.8. The van der Waals surface area contributed by atoms with Crippen molar-refractivity contribution in [2.45, 2.75) is 50.4 Å². The van der Waals surface area contributed by atoms with Crippen molar-refractivity contribution >= 4 is 17.1 Å². The summed E-state index contributed by atoms with van der Waals surface area (Å²) in [6.45, 7) is 4.79. The Bertz CT molecular complexity index is 2800. The molecule has 0 unspecified atom stereocenters. The van der Waals surface area contributed by atoms with Crippen LogP contribution in [0.25, 0.3) is 55.6 Å². The first-order valence-corrected chi connectivity index (χ1v) is 20.6. The largest absolute Gasteiger partial charge is 0.310 e. The Kier molecular flexibility index (Phi) is 7.76. The van der Waals surface area contributed by atoms with Crippen molar-refractivity contribution in [2.24, 2.45) is 0 Å². The van der Waals surface area contributed by atoms with Gasteiger partial charge in [0.05, 0.1) is 5.69 Å². The molecular weight excluding hydrogens is 687 g/mol. The molecule has 1 saturated carbocycles. The number of hydrogen-bond acceptors (Lipinski definition) is 1. The summed E-state index contributed by atoms with van der Waals surface area (Å²) in [6.07, 6.45) is 4.96. The summed E-state index contributed by atoms with van der Waals surface area (Å²) in [5, 5.41) is 0. The lowest BCUT2D eigenvalue weighted by atomic mass is 9.76. The molecule has 57 heavy (non-hydrogen) atoms. The Morgan fingerprint density at radius 2 is 0.842 bits per heavy atom. The molecule has 1 heteroatoms. The maximum atomic E-state index is 2.54. The molecule has 3 aliphatic carbocycles. The van der Waals surface area contributed by atoms with Gasteiger partial charge < -0.3 is 4.90 Å². The summed E-state index contributed by atoms with van der Waals surface area (Å²) in [5.74, 6) is 0. The van der Waals surface area contributed by atoms with Crippen LogP contribution in [0.4, 0.5) is 17.1 Å². The predicted molar refractivity (Wildman–Crippen MR) is 240 cm³/mol. The highest BCUT2D eigenvalue weighted by Gasteiger charge is 2.45. The first-order valence-electron chi connectivity index (χ1n) is 20.6. The summed E-state index contributed by atoms with van der Waals surface area (Å²) in [6, 6.07) is 70.3. The van der Waals surface area contributed by atoms with Crippen LogP contribution in [0, 0.1) is 0 Å². The van der Waals surface area contributed by atoms with Gasteiger partial charge in [0.2, 0.25) is 0 Å². The fourth-order valence-electron chi connectivity index (χ4n) is 10.8. The molecule has 3 aliphatic rings. The van der Waals surface area contributed by atoms with E-state index >= 15 is 0 Å². The lowest BCUT2D eigenvalue weighted by molar-refractivity contribution is 0.550. The van der Waals surface area contributed by atoms with Gasteiger partial charge in [0.25, 0.3) is 0 Å². The normalized spacial score (nSPS) is 15.2. The zero-order valence-electron chi connectivity index (χ0n) is 32.7. The molecule has 0 bridgehead atoms. The van der Waals surface area contributed by atoms with E-state index < -0.39 is 0 Å². The summed E-state index contributed by atoms with van der Waals surface area (Å²) < 4.78 is 0. The van der Waals surface area contributed by atoms with Crippen molar-refractivity contribution in [3.05, 3.63) is 210 Å². The Labute approximate surface area is 336 Å². The van der Waals surface area contributed by atoms with Crippen LogP contribution in [0.1, 0.15) is 61.8 Å². The Morgan fingerprint density at radius 3 is 1.53 bits per heavy atom. The molecule has 0 heterocycles. The Morgan fingerprint density at radius 1 is 0.368 bits per heavy atom. The first kappa shape index (κ1) is 33.9. The van der Waals surface area contributed by atoms with E-state index in [1.807, 2.05) is 0 Å². The fourth-order valence-corrected chi connectivity index (χ4v) is 10.8. The van der Waals surface area contributed by atoms with Crippen molar-refractivity contribution in [2.75, 3.05) is 4.90 Å². The quantitative estimate of drug-likeness (QED) is 0.165. The van der Waals surface area contributed by atoms with Gasteiger partial charge in [0, 0.05) is 27.8 Å². The Balaban J connectivity index is 1.07. The third-order valence-corrected chi connectivity index (χ3v) is 13.4. The van der Waals surface area contributed by atoms with Gasteiger partial charge in [-0.3, -0.25) is 0 Å². The average molecular weight is 732 g/mol. The van der Waals surface area contributed by atoms with Gasteiger partial charge in [-0.25, -0.2) is 0 Å². The van der Waals surface area contributed by atoms with E-state index in [1.165, 1.54) is 115 Å². The third-order valence-electron chi connectivity index (χ3n) is 13.4.